The van der Waals surface area contributed by atoms with Crippen molar-refractivity contribution in [1.29, 1.82) is 0 Å². The van der Waals surface area contributed by atoms with Crippen LogP contribution in [0.1, 0.15) is 43.2 Å². The second-order valence-electron chi connectivity index (χ2n) is 14.7. The Morgan fingerprint density at radius 1 is 0.558 bits per heavy atom. The van der Waals surface area contributed by atoms with Crippen molar-refractivity contribution in [3.63, 3.8) is 0 Å². The van der Waals surface area contributed by atoms with Crippen LogP contribution in [0, 0.1) is 0 Å². The summed E-state index contributed by atoms with van der Waals surface area (Å²) in [6, 6.07) is 51.4. The lowest BCUT2D eigenvalue weighted by Crippen LogP contribution is -2.28. The number of nitrogens with zero attached hydrogens (tertiary/aromatic N) is 3. The van der Waals surface area contributed by atoms with Crippen LogP contribution >= 0.6 is 11.3 Å². The molecular weight excluding hydrogens is 651 g/mol. The van der Waals surface area contributed by atoms with E-state index in [2.05, 4.69) is 144 Å². The highest BCUT2D eigenvalue weighted by molar-refractivity contribution is 7.26. The number of rotatable bonds is 2. The van der Waals surface area contributed by atoms with Crippen molar-refractivity contribution in [1.82, 2.24) is 14.5 Å². The van der Waals surface area contributed by atoms with Crippen LogP contribution in [0.15, 0.2) is 140 Å². The fraction of sp³-hybridized carbons (Fsp3) is 0.125. The number of hydrogen-bond donors (Lipinski definition) is 0. The molecule has 3 heterocycles. The number of aromatic nitrogens is 3. The molecule has 0 unspecified atom stereocenters. The SMILES string of the molecule is c1ccc2c(c1)-c1c(c3c4ccccc4n(-c4nc(-c5cccc6ccccc56)c5sc6ccccc6c5n4)c3c3ccccc13)C21CCCCC1. The summed E-state index contributed by atoms with van der Waals surface area (Å²) >= 11 is 1.80. The van der Waals surface area contributed by atoms with E-state index in [-0.39, 0.29) is 5.41 Å². The first-order chi connectivity index (χ1) is 25.8. The van der Waals surface area contributed by atoms with Gasteiger partial charge in [0, 0.05) is 37.2 Å². The van der Waals surface area contributed by atoms with Crippen molar-refractivity contribution in [3.8, 4) is 28.3 Å². The van der Waals surface area contributed by atoms with Crippen LogP contribution in [0.3, 0.4) is 0 Å². The average molecular weight is 684 g/mol. The molecule has 0 atom stereocenters. The molecule has 2 aliphatic carbocycles. The first-order valence-electron chi connectivity index (χ1n) is 18.6. The predicted octanol–water partition coefficient (Wildman–Crippen LogP) is 13.1. The van der Waals surface area contributed by atoms with Crippen LogP contribution in [-0.4, -0.2) is 14.5 Å². The molecule has 4 heteroatoms. The molecule has 0 amide bonds. The minimum atomic E-state index is -0.0100. The topological polar surface area (TPSA) is 30.7 Å². The molecule has 2 aliphatic rings. The average Bonchev–Trinajstić information content (AvgIpc) is 3.85. The highest BCUT2D eigenvalue weighted by Gasteiger charge is 2.46. The van der Waals surface area contributed by atoms with Gasteiger partial charge in [0.05, 0.1) is 26.9 Å². The van der Waals surface area contributed by atoms with Crippen molar-refractivity contribution in [3.05, 3.63) is 151 Å². The van der Waals surface area contributed by atoms with Gasteiger partial charge >= 0.3 is 0 Å². The van der Waals surface area contributed by atoms with Gasteiger partial charge in [-0.2, -0.15) is 0 Å². The van der Waals surface area contributed by atoms with E-state index in [0.29, 0.717) is 0 Å². The standard InChI is InChI=1S/C48H33N3S/c1-12-27-48(28-13-1)37-24-9-6-20-34(37)40-31-18-4-5-19-33(31)45-41(42(40)48)35-21-7-10-25-38(35)51(45)47-49-43(32-23-14-16-29-15-2-3-17-30(29)32)46-44(50-47)36-22-8-11-26-39(36)52-46/h2-11,14-26H,1,12-13,27-28H2. The van der Waals surface area contributed by atoms with Gasteiger partial charge in [-0.05, 0) is 63.4 Å². The third-order valence-corrected chi connectivity index (χ3v) is 13.3. The molecule has 52 heavy (non-hydrogen) atoms. The number of fused-ring (bicyclic) bond motifs is 16. The quantitative estimate of drug-likeness (QED) is 0.182. The number of thiophene rings is 1. The van der Waals surface area contributed by atoms with E-state index < -0.39 is 0 Å². The molecule has 7 aromatic carbocycles. The lowest BCUT2D eigenvalue weighted by molar-refractivity contribution is 0.355. The minimum absolute atomic E-state index is 0.0100. The zero-order valence-corrected chi connectivity index (χ0v) is 29.4. The summed E-state index contributed by atoms with van der Waals surface area (Å²) in [5, 5.41) is 8.81. The molecule has 10 aromatic rings. The summed E-state index contributed by atoms with van der Waals surface area (Å²) in [6.45, 7) is 0. The Morgan fingerprint density at radius 3 is 2.12 bits per heavy atom. The van der Waals surface area contributed by atoms with E-state index in [1.165, 1.54) is 102 Å². The van der Waals surface area contributed by atoms with Crippen molar-refractivity contribution < 1.29 is 0 Å². The van der Waals surface area contributed by atoms with Gasteiger partial charge in [0.15, 0.2) is 0 Å². The molecule has 0 bridgehead atoms. The Morgan fingerprint density at radius 2 is 1.23 bits per heavy atom. The maximum Gasteiger partial charge on any atom is 0.235 e. The van der Waals surface area contributed by atoms with E-state index in [9.17, 15) is 0 Å². The van der Waals surface area contributed by atoms with E-state index in [0.717, 1.165) is 32.9 Å². The van der Waals surface area contributed by atoms with Gasteiger partial charge in [-0.25, -0.2) is 9.97 Å². The van der Waals surface area contributed by atoms with Crippen LogP contribution in [0.25, 0.3) is 92.0 Å². The van der Waals surface area contributed by atoms with Crippen LogP contribution in [-0.2, 0) is 5.41 Å². The summed E-state index contributed by atoms with van der Waals surface area (Å²) < 4.78 is 4.77. The van der Waals surface area contributed by atoms with Crippen molar-refractivity contribution in [2.24, 2.45) is 0 Å². The Labute approximate surface area is 304 Å². The summed E-state index contributed by atoms with van der Waals surface area (Å²) in [6.07, 6.45) is 6.16. The zero-order valence-electron chi connectivity index (χ0n) is 28.6. The van der Waals surface area contributed by atoms with E-state index >= 15 is 0 Å². The molecule has 1 saturated carbocycles. The zero-order chi connectivity index (χ0) is 34.0. The first-order valence-corrected chi connectivity index (χ1v) is 19.4. The van der Waals surface area contributed by atoms with Gasteiger partial charge in [-0.1, -0.05) is 147 Å². The molecule has 0 saturated heterocycles. The van der Waals surface area contributed by atoms with E-state index in [1.807, 2.05) is 0 Å². The molecule has 1 spiro atoms. The van der Waals surface area contributed by atoms with Crippen LogP contribution < -0.4 is 0 Å². The third kappa shape index (κ3) is 3.70. The Hall–Kier alpha value is -5.84. The van der Waals surface area contributed by atoms with Gasteiger partial charge in [0.1, 0.15) is 0 Å². The highest BCUT2D eigenvalue weighted by atomic mass is 32.1. The Bertz CT molecular complexity index is 3120. The number of hydrogen-bond acceptors (Lipinski definition) is 3. The largest absolute Gasteiger partial charge is 0.277 e. The summed E-state index contributed by atoms with van der Waals surface area (Å²) in [7, 11) is 0. The normalized spacial score (nSPS) is 15.1. The second kappa shape index (κ2) is 10.6. The minimum Gasteiger partial charge on any atom is -0.277 e. The van der Waals surface area contributed by atoms with E-state index in [4.69, 9.17) is 9.97 Å². The Kier molecular flexibility index (Phi) is 5.87. The smallest absolute Gasteiger partial charge is 0.235 e. The molecule has 0 aliphatic heterocycles. The molecule has 3 nitrogen and oxygen atoms in total. The molecule has 12 rings (SSSR count). The van der Waals surface area contributed by atoms with Gasteiger partial charge in [-0.3, -0.25) is 4.57 Å². The molecule has 0 N–H and O–H groups in total. The molecule has 3 aromatic heterocycles. The maximum atomic E-state index is 5.67. The van der Waals surface area contributed by atoms with Crippen molar-refractivity contribution in [2.45, 2.75) is 37.5 Å². The fourth-order valence-corrected chi connectivity index (χ4v) is 11.2. The number of para-hydroxylation sites is 1. The molecular formula is C48H33N3S. The number of benzene rings is 7. The summed E-state index contributed by atoms with van der Waals surface area (Å²) in [5.41, 5.74) is 11.4. The summed E-state index contributed by atoms with van der Waals surface area (Å²) in [5.74, 6) is 0.725. The molecule has 0 radical (unpaired) electrons. The van der Waals surface area contributed by atoms with Crippen LogP contribution in [0.4, 0.5) is 0 Å². The fourth-order valence-electron chi connectivity index (χ4n) is 10.1. The predicted molar refractivity (Wildman–Crippen MR) is 219 cm³/mol. The van der Waals surface area contributed by atoms with Crippen LogP contribution in [0.5, 0.6) is 0 Å². The van der Waals surface area contributed by atoms with Gasteiger partial charge in [-0.15, -0.1) is 11.3 Å². The third-order valence-electron chi connectivity index (χ3n) is 12.2. The van der Waals surface area contributed by atoms with Crippen molar-refractivity contribution in [2.75, 3.05) is 0 Å². The summed E-state index contributed by atoms with van der Waals surface area (Å²) in [4.78, 5) is 11.2. The maximum absolute atomic E-state index is 5.67. The van der Waals surface area contributed by atoms with Gasteiger partial charge in [0.25, 0.3) is 0 Å². The highest BCUT2D eigenvalue weighted by Crippen LogP contribution is 2.61. The van der Waals surface area contributed by atoms with Gasteiger partial charge in [0.2, 0.25) is 5.95 Å². The molecule has 1 fully saturated rings. The monoisotopic (exact) mass is 683 g/mol. The van der Waals surface area contributed by atoms with E-state index in [1.54, 1.807) is 11.3 Å². The molecule has 246 valence electrons. The van der Waals surface area contributed by atoms with Crippen molar-refractivity contribution >= 4 is 75.0 Å². The van der Waals surface area contributed by atoms with Gasteiger partial charge < -0.3 is 0 Å². The Balaban J connectivity index is 1.29. The lowest BCUT2D eigenvalue weighted by Gasteiger charge is -2.36. The second-order valence-corrected chi connectivity index (χ2v) is 15.8. The first kappa shape index (κ1) is 28.8. The lowest BCUT2D eigenvalue weighted by atomic mass is 9.66. The van der Waals surface area contributed by atoms with Crippen LogP contribution in [0.2, 0.25) is 0 Å².